The second-order valence-corrected chi connectivity index (χ2v) is 31.5. The van der Waals surface area contributed by atoms with Gasteiger partial charge in [0.05, 0.1) is 61.4 Å². The lowest BCUT2D eigenvalue weighted by Crippen LogP contribution is -2.66. The number of urea groups is 1. The number of rotatable bonds is 38. The number of thiophene rings is 1. The molecule has 0 spiro atoms. The van der Waals surface area contributed by atoms with Crippen molar-refractivity contribution in [3.8, 4) is 56.1 Å². The number of likely N-dealkylation sites (N-methyl/N-ethyl adjacent to an activating group) is 1. The minimum absolute atomic E-state index is 0.0178. The number of carboxylic acid groups (broad SMARTS) is 2. The van der Waals surface area contributed by atoms with Crippen molar-refractivity contribution in [1.82, 2.24) is 45.7 Å². The zero-order valence-electron chi connectivity index (χ0n) is 69.2. The molecule has 654 valence electrons. The summed E-state index contributed by atoms with van der Waals surface area (Å²) in [5, 5.41) is 32.4. The van der Waals surface area contributed by atoms with Gasteiger partial charge in [-0.2, -0.15) is 0 Å². The smallest absolute Gasteiger partial charge is 0.345 e. The highest BCUT2D eigenvalue weighted by molar-refractivity contribution is 7.22. The fraction of sp³-hybridized carbons (Fsp3) is 0.400. The first-order valence-electron chi connectivity index (χ1n) is 39.3. The van der Waals surface area contributed by atoms with Crippen LogP contribution in [0, 0.1) is 18.7 Å². The van der Waals surface area contributed by atoms with E-state index in [9.17, 15) is 67.3 Å². The van der Waals surface area contributed by atoms with Crippen molar-refractivity contribution < 1.29 is 114 Å². The Balaban J connectivity index is 0.849. The van der Waals surface area contributed by atoms with Gasteiger partial charge in [-0.05, 0) is 108 Å². The Morgan fingerprint density at radius 1 is 0.748 bits per heavy atom. The minimum Gasteiger partial charge on any atom is -0.496 e. The Labute approximate surface area is 716 Å². The van der Waals surface area contributed by atoms with Crippen molar-refractivity contribution in [2.24, 2.45) is 17.4 Å². The topological polar surface area (TPSA) is 470 Å². The highest BCUT2D eigenvalue weighted by Crippen LogP contribution is 2.50. The van der Waals surface area contributed by atoms with Crippen molar-refractivity contribution >= 4 is 104 Å². The van der Waals surface area contributed by atoms with Crippen LogP contribution >= 0.6 is 22.9 Å². The number of aliphatic carboxylic acids is 2. The van der Waals surface area contributed by atoms with E-state index in [2.05, 4.69) is 48.2 Å². The van der Waals surface area contributed by atoms with E-state index in [1.807, 2.05) is 37.3 Å². The Morgan fingerprint density at radius 3 is 2.09 bits per heavy atom. The third-order valence-corrected chi connectivity index (χ3v) is 22.1. The number of piperazine rings is 1. The Morgan fingerprint density at radius 2 is 1.42 bits per heavy atom. The lowest BCUT2D eigenvalue weighted by atomic mass is 9.96. The lowest BCUT2D eigenvalue weighted by Gasteiger charge is -2.43. The van der Waals surface area contributed by atoms with Crippen LogP contribution in [0.5, 0.6) is 23.1 Å². The fourth-order valence-corrected chi connectivity index (χ4v) is 15.4. The van der Waals surface area contributed by atoms with Gasteiger partial charge >= 0.3 is 41.8 Å². The number of ether oxygens (including phenoxy) is 9. The standard InChI is InChI=1S/C85H97ClFN13O22S/c1-45(2)70(88)78(107)96-60(18-15-30-91-85(89)113)77(106)95-56-26-23-53(54(38-56)41-98(8)66(105)40-61(82(109)110)97-79(108)73-71(117-47(4)101)72(118-48(5)102)74(119-49(6)103)84(122-73)120-50(7)104)42-100(9)35-32-99(33-36-100)34-37-115-64-28-27-58(46(3)69(64)86)67-68-80(92-44-93-81(68)123-75(67)51-21-24-55(87)25-22-51)121-65(83(111)112)39-52-16-11-13-19-62(52)116-43-57-29-31-90-76(94-57)59-17-12-14-20-63(59)114-10/h11-14,16-17,19-29,31,38,44-45,60-61,65,70-74,84H,15,18,30,32-37,39-43,88H2,1-10H3,(H7-,89,91,95,96,97,106,107,108,109,110,111,112,113)/p+1/t60-,61-,65+,70-,71+,72+,73+,74-,84-/m0/s1. The van der Waals surface area contributed by atoms with E-state index in [4.69, 9.17) is 70.7 Å². The van der Waals surface area contributed by atoms with Gasteiger partial charge in [0.2, 0.25) is 42.1 Å². The summed E-state index contributed by atoms with van der Waals surface area (Å²) in [6.45, 7) is 12.3. The molecule has 5 heterocycles. The first kappa shape index (κ1) is 92.7. The number of halogens is 2. The summed E-state index contributed by atoms with van der Waals surface area (Å²) in [7, 11) is 5.00. The fourth-order valence-electron chi connectivity index (χ4n) is 14.0. The SMILES string of the molecule is COc1ccccc1-c1nccc(COc2ccccc2C[C@@H](Oc2ncnc3sc(-c4ccc(F)cc4)c(-c4ccc(OCCN5CC[N+](C)(Cc6ccc(NC(=O)[C@H](CCCNC(N)=O)NC(=O)[C@@H](N)C(C)C)cc6CN(C)C(=O)C[C@H](NC(=O)[C@@H]6O[C@H](OC(C)=O)[C@@H](OC(C)=O)[C@H](OC(C)=O)[C@H]6OC(C)=O)C(=O)O)CC5)c(Cl)c4C)c23)C(=O)O)n1. The van der Waals surface area contributed by atoms with E-state index in [1.165, 1.54) is 41.7 Å². The number of carbonyl (C=O) groups is 11. The van der Waals surface area contributed by atoms with Crippen LogP contribution in [0.3, 0.4) is 0 Å². The number of nitrogens with one attached hydrogen (secondary N) is 4. The van der Waals surface area contributed by atoms with Crippen LogP contribution in [0.4, 0.5) is 14.9 Å². The summed E-state index contributed by atoms with van der Waals surface area (Å²) >= 11 is 8.58. The van der Waals surface area contributed by atoms with Gasteiger partial charge < -0.3 is 95.0 Å². The number of hydrogen-bond acceptors (Lipinski definition) is 27. The molecule has 2 aliphatic rings. The van der Waals surface area contributed by atoms with Gasteiger partial charge in [0, 0.05) is 102 Å². The number of carboxylic acids is 2. The highest BCUT2D eigenvalue weighted by atomic mass is 35.5. The van der Waals surface area contributed by atoms with Crippen LogP contribution in [0.15, 0.2) is 122 Å². The van der Waals surface area contributed by atoms with Crippen LogP contribution in [0.25, 0.3) is 43.2 Å². The molecule has 0 saturated carbocycles. The van der Waals surface area contributed by atoms with Crippen molar-refractivity contribution in [2.45, 2.75) is 149 Å². The minimum atomic E-state index is -2.12. The zero-order valence-corrected chi connectivity index (χ0v) is 70.8. The van der Waals surface area contributed by atoms with Gasteiger partial charge in [0.25, 0.3) is 5.91 Å². The molecule has 123 heavy (non-hydrogen) atoms. The Bertz CT molecular complexity index is 5210. The monoisotopic (exact) mass is 1740 g/mol. The van der Waals surface area contributed by atoms with E-state index >= 15 is 0 Å². The molecule has 3 aromatic heterocycles. The van der Waals surface area contributed by atoms with Gasteiger partial charge in [0.1, 0.15) is 66.1 Å². The number of methoxy groups -OCH3 is 1. The number of benzene rings is 5. The maximum Gasteiger partial charge on any atom is 0.345 e. The van der Waals surface area contributed by atoms with Crippen LogP contribution in [-0.4, -0.2) is 232 Å². The summed E-state index contributed by atoms with van der Waals surface area (Å²) in [5.74, 6) is -9.52. The number of carbonyl (C=O) groups excluding carboxylic acids is 9. The van der Waals surface area contributed by atoms with Gasteiger partial charge in [-0.25, -0.2) is 38.7 Å². The molecule has 38 heteroatoms. The third kappa shape index (κ3) is 24.6. The second-order valence-electron chi connectivity index (χ2n) is 30.1. The summed E-state index contributed by atoms with van der Waals surface area (Å²) in [5.41, 5.74) is 17.0. The van der Waals surface area contributed by atoms with E-state index < -0.39 is 133 Å². The average molecular weight is 1740 g/mol. The number of hydrogen-bond donors (Lipinski definition) is 8. The van der Waals surface area contributed by atoms with Gasteiger partial charge in [0.15, 0.2) is 24.1 Å². The molecule has 5 aromatic carbocycles. The predicted octanol–water partition coefficient (Wildman–Crippen LogP) is 7.44. The molecule has 2 fully saturated rings. The molecule has 10 N–H and O–H groups in total. The van der Waals surface area contributed by atoms with E-state index in [-0.39, 0.29) is 68.1 Å². The molecule has 10 rings (SSSR count). The number of amides is 6. The van der Waals surface area contributed by atoms with Crippen LogP contribution in [-0.2, 0) is 97.7 Å². The van der Waals surface area contributed by atoms with Crippen LogP contribution in [0.1, 0.15) is 88.8 Å². The van der Waals surface area contributed by atoms with Crippen molar-refractivity contribution in [3.63, 3.8) is 0 Å². The molecule has 0 radical (unpaired) electrons. The predicted molar refractivity (Wildman–Crippen MR) is 444 cm³/mol. The van der Waals surface area contributed by atoms with Crippen LogP contribution in [0.2, 0.25) is 5.02 Å². The van der Waals surface area contributed by atoms with Crippen molar-refractivity contribution in [3.05, 3.63) is 161 Å². The van der Waals surface area contributed by atoms with Crippen LogP contribution < -0.4 is 51.7 Å². The molecule has 2 saturated heterocycles. The second kappa shape index (κ2) is 42.3. The molecule has 35 nitrogen and oxygen atoms in total. The number of aromatic nitrogens is 4. The van der Waals surface area contributed by atoms with E-state index in [0.717, 1.165) is 27.7 Å². The quantitative estimate of drug-likeness (QED) is 0.00806. The molecule has 9 atom stereocenters. The molecule has 8 aromatic rings. The molecule has 0 bridgehead atoms. The molecule has 0 aliphatic carbocycles. The zero-order chi connectivity index (χ0) is 89.1. The molecular formula is C85H98ClFN13O22S+. The first-order valence-corrected chi connectivity index (χ1v) is 40.5. The van der Waals surface area contributed by atoms with Gasteiger partial charge in [-0.1, -0.05) is 80.0 Å². The summed E-state index contributed by atoms with van der Waals surface area (Å²) < 4.78 is 66.8. The number of fused-ring (bicyclic) bond motifs is 1. The van der Waals surface area contributed by atoms with Gasteiger partial charge in [-0.3, -0.25) is 43.3 Å². The number of nitrogens with zero attached hydrogens (tertiary/aromatic N) is 7. The summed E-state index contributed by atoms with van der Waals surface area (Å²) in [6.07, 6.45) is -9.13. The molecule has 0 unspecified atom stereocenters. The number of esters is 4. The van der Waals surface area contributed by atoms with E-state index in [1.54, 1.807) is 93.9 Å². The van der Waals surface area contributed by atoms with Crippen molar-refractivity contribution in [1.29, 1.82) is 0 Å². The number of para-hydroxylation sites is 2. The maximum atomic E-state index is 14.6. The van der Waals surface area contributed by atoms with Gasteiger partial charge in [-0.15, -0.1) is 11.3 Å². The summed E-state index contributed by atoms with van der Waals surface area (Å²) in [6, 6.07) is 25.7. The molecule has 2 aliphatic heterocycles. The van der Waals surface area contributed by atoms with E-state index in [0.29, 0.717) is 132 Å². The Hall–Kier alpha value is -12.5. The number of quaternary nitrogens is 1. The normalized spacial score (nSPS) is 17.2. The molecular weight excluding hydrogens is 1640 g/mol. The average Bonchev–Trinajstić information content (AvgIpc) is 1.61. The Kier molecular flexibility index (Phi) is 31.9. The lowest BCUT2D eigenvalue weighted by molar-refractivity contribution is -0.926. The maximum absolute atomic E-state index is 14.6. The largest absolute Gasteiger partial charge is 0.496 e. The third-order valence-electron chi connectivity index (χ3n) is 20.5. The van der Waals surface area contributed by atoms with Crippen molar-refractivity contribution in [2.75, 3.05) is 72.4 Å². The number of anilines is 1. The number of nitrogens with two attached hydrogens (primary N) is 2. The molecule has 6 amide bonds. The summed E-state index contributed by atoms with van der Waals surface area (Å²) in [4.78, 5) is 167. The number of primary amides is 1. The first-order chi connectivity index (χ1) is 58.6. The highest BCUT2D eigenvalue weighted by Gasteiger charge is 2.56.